The van der Waals surface area contributed by atoms with Gasteiger partial charge in [0.25, 0.3) is 5.91 Å². The number of amides is 1. The number of carbonyl (C=O) groups excluding carboxylic acids is 1. The Hall–Kier alpha value is -1.62. The predicted octanol–water partition coefficient (Wildman–Crippen LogP) is 2.38. The molecule has 1 fully saturated rings. The molecule has 5 heteroatoms. The van der Waals surface area contributed by atoms with Gasteiger partial charge < -0.3 is 10.3 Å². The van der Waals surface area contributed by atoms with E-state index in [1.54, 1.807) is 11.1 Å². The first kappa shape index (κ1) is 14.8. The highest BCUT2D eigenvalue weighted by Gasteiger charge is 2.15. The van der Waals surface area contributed by atoms with Crippen LogP contribution in [-0.2, 0) is 0 Å². The molecule has 1 saturated heterocycles. The molecule has 2 heterocycles. The van der Waals surface area contributed by atoms with Crippen LogP contribution in [0, 0.1) is 0 Å². The van der Waals surface area contributed by atoms with Crippen LogP contribution in [-0.4, -0.2) is 47.0 Å². The number of hydrazine groups is 1. The van der Waals surface area contributed by atoms with Gasteiger partial charge in [-0.1, -0.05) is 6.42 Å². The molecule has 0 saturated carbocycles. The number of nitrogens with one attached hydrogen (secondary N) is 1. The molecule has 1 amide bonds. The van der Waals surface area contributed by atoms with Crippen molar-refractivity contribution in [1.82, 2.24) is 14.9 Å². The summed E-state index contributed by atoms with van der Waals surface area (Å²) in [6.45, 7) is 7.50. The Balaban J connectivity index is 2.05. The summed E-state index contributed by atoms with van der Waals surface area (Å²) in [7, 11) is 0. The minimum Gasteiger partial charge on any atom is -0.338 e. The predicted molar refractivity (Wildman–Crippen MR) is 80.5 cm³/mol. The van der Waals surface area contributed by atoms with E-state index in [4.69, 9.17) is 0 Å². The normalized spacial score (nSPS) is 15.9. The summed E-state index contributed by atoms with van der Waals surface area (Å²) in [5.74, 6) is -0.00251. The quantitative estimate of drug-likeness (QED) is 0.897. The summed E-state index contributed by atoms with van der Waals surface area (Å²) in [5, 5.41) is 2.21. The molecule has 0 aliphatic carbocycles. The second-order valence-electron chi connectivity index (χ2n) is 5.07. The van der Waals surface area contributed by atoms with E-state index in [-0.39, 0.29) is 5.91 Å². The molecule has 0 radical (unpaired) electrons. The van der Waals surface area contributed by atoms with Gasteiger partial charge in [-0.05, 0) is 38.8 Å². The van der Waals surface area contributed by atoms with Gasteiger partial charge in [0.05, 0.1) is 5.69 Å². The molecular weight excluding hydrogens is 252 g/mol. The molecular formula is C15H24N4O. The third kappa shape index (κ3) is 3.70. The van der Waals surface area contributed by atoms with E-state index >= 15 is 0 Å². The highest BCUT2D eigenvalue weighted by atomic mass is 16.2. The Morgan fingerprint density at radius 3 is 2.65 bits per heavy atom. The minimum atomic E-state index is -0.00251. The van der Waals surface area contributed by atoms with Crippen molar-refractivity contribution in [1.29, 1.82) is 0 Å². The molecule has 1 aliphatic heterocycles. The molecule has 1 N–H and O–H groups in total. The number of aromatic nitrogens is 1. The average Bonchev–Trinajstić information content (AvgIpc) is 2.49. The molecule has 1 aliphatic rings. The molecule has 0 atom stereocenters. The lowest BCUT2D eigenvalue weighted by Crippen LogP contribution is -2.35. The zero-order chi connectivity index (χ0) is 14.4. The van der Waals surface area contributed by atoms with E-state index in [2.05, 4.69) is 15.4 Å². The van der Waals surface area contributed by atoms with Crippen LogP contribution in [0.25, 0.3) is 0 Å². The zero-order valence-electron chi connectivity index (χ0n) is 12.4. The number of nitrogens with zero attached hydrogens (tertiary/aromatic N) is 3. The van der Waals surface area contributed by atoms with Crippen LogP contribution in [0.5, 0.6) is 0 Å². The zero-order valence-corrected chi connectivity index (χ0v) is 12.4. The second kappa shape index (κ2) is 7.24. The Labute approximate surface area is 120 Å². The SMILES string of the molecule is CCN(CC)C(=O)c1cc(NN2CCCCC2)ccn1. The van der Waals surface area contributed by atoms with Crippen LogP contribution in [0.2, 0.25) is 0 Å². The highest BCUT2D eigenvalue weighted by Crippen LogP contribution is 2.14. The molecule has 20 heavy (non-hydrogen) atoms. The molecule has 0 aromatic carbocycles. The summed E-state index contributed by atoms with van der Waals surface area (Å²) >= 11 is 0. The van der Waals surface area contributed by atoms with E-state index in [1.807, 2.05) is 26.0 Å². The van der Waals surface area contributed by atoms with Crippen LogP contribution >= 0.6 is 0 Å². The van der Waals surface area contributed by atoms with Gasteiger partial charge in [-0.3, -0.25) is 9.78 Å². The topological polar surface area (TPSA) is 48.5 Å². The van der Waals surface area contributed by atoms with Crippen LogP contribution < -0.4 is 5.43 Å². The first-order chi connectivity index (χ1) is 9.74. The van der Waals surface area contributed by atoms with Crippen molar-refractivity contribution in [2.75, 3.05) is 31.6 Å². The molecule has 0 bridgehead atoms. The van der Waals surface area contributed by atoms with E-state index in [9.17, 15) is 4.79 Å². The Kier molecular flexibility index (Phi) is 5.35. The fourth-order valence-corrected chi connectivity index (χ4v) is 2.48. The van der Waals surface area contributed by atoms with E-state index in [0.717, 1.165) is 18.8 Å². The highest BCUT2D eigenvalue weighted by molar-refractivity contribution is 5.93. The van der Waals surface area contributed by atoms with Gasteiger partial charge in [-0.2, -0.15) is 0 Å². The molecule has 5 nitrogen and oxygen atoms in total. The third-order valence-corrected chi connectivity index (χ3v) is 3.67. The molecule has 2 rings (SSSR count). The summed E-state index contributed by atoms with van der Waals surface area (Å²) in [6, 6.07) is 3.75. The fourth-order valence-electron chi connectivity index (χ4n) is 2.48. The van der Waals surface area contributed by atoms with Crippen molar-refractivity contribution in [2.45, 2.75) is 33.1 Å². The van der Waals surface area contributed by atoms with Crippen molar-refractivity contribution in [2.24, 2.45) is 0 Å². The number of hydrogen-bond donors (Lipinski definition) is 1. The summed E-state index contributed by atoms with van der Waals surface area (Å²) in [6.07, 6.45) is 5.45. The Morgan fingerprint density at radius 1 is 1.30 bits per heavy atom. The van der Waals surface area contributed by atoms with E-state index < -0.39 is 0 Å². The van der Waals surface area contributed by atoms with Crippen LogP contribution in [0.3, 0.4) is 0 Å². The standard InChI is InChI=1S/C15H24N4O/c1-3-18(4-2)15(20)14-12-13(8-9-16-14)17-19-10-6-5-7-11-19/h8-9,12H,3-7,10-11H2,1-2H3,(H,16,17). The molecule has 0 spiro atoms. The number of carbonyl (C=O) groups is 1. The van der Waals surface area contributed by atoms with Crippen LogP contribution in [0.15, 0.2) is 18.3 Å². The van der Waals surface area contributed by atoms with Gasteiger partial charge >= 0.3 is 0 Å². The maximum absolute atomic E-state index is 12.3. The van der Waals surface area contributed by atoms with Gasteiger partial charge in [0.15, 0.2) is 0 Å². The first-order valence-corrected chi connectivity index (χ1v) is 7.51. The van der Waals surface area contributed by atoms with Gasteiger partial charge in [0, 0.05) is 32.4 Å². The molecule has 110 valence electrons. The van der Waals surface area contributed by atoms with E-state index in [0.29, 0.717) is 18.8 Å². The summed E-state index contributed by atoms with van der Waals surface area (Å²) < 4.78 is 0. The first-order valence-electron chi connectivity index (χ1n) is 7.51. The van der Waals surface area contributed by atoms with Crippen LogP contribution in [0.4, 0.5) is 5.69 Å². The maximum Gasteiger partial charge on any atom is 0.272 e. The number of hydrogen-bond acceptors (Lipinski definition) is 4. The third-order valence-electron chi connectivity index (χ3n) is 3.67. The van der Waals surface area contributed by atoms with Crippen molar-refractivity contribution in [3.63, 3.8) is 0 Å². The number of rotatable bonds is 5. The second-order valence-corrected chi connectivity index (χ2v) is 5.07. The Bertz CT molecular complexity index is 439. The van der Waals surface area contributed by atoms with Crippen molar-refractivity contribution in [3.05, 3.63) is 24.0 Å². The molecule has 0 unspecified atom stereocenters. The lowest BCUT2D eigenvalue weighted by molar-refractivity contribution is 0.0767. The lowest BCUT2D eigenvalue weighted by atomic mass is 10.2. The average molecular weight is 276 g/mol. The fraction of sp³-hybridized carbons (Fsp3) is 0.600. The maximum atomic E-state index is 12.3. The lowest BCUT2D eigenvalue weighted by Gasteiger charge is -2.28. The van der Waals surface area contributed by atoms with Gasteiger partial charge in [-0.25, -0.2) is 5.01 Å². The smallest absolute Gasteiger partial charge is 0.272 e. The van der Waals surface area contributed by atoms with Crippen LogP contribution in [0.1, 0.15) is 43.6 Å². The monoisotopic (exact) mass is 276 g/mol. The number of piperidine rings is 1. The van der Waals surface area contributed by atoms with Crippen molar-refractivity contribution < 1.29 is 4.79 Å². The number of pyridine rings is 1. The van der Waals surface area contributed by atoms with E-state index in [1.165, 1.54) is 19.3 Å². The number of anilines is 1. The van der Waals surface area contributed by atoms with Crippen molar-refractivity contribution in [3.8, 4) is 0 Å². The van der Waals surface area contributed by atoms with Gasteiger partial charge in [-0.15, -0.1) is 0 Å². The summed E-state index contributed by atoms with van der Waals surface area (Å²) in [4.78, 5) is 18.3. The van der Waals surface area contributed by atoms with Gasteiger partial charge in [0.1, 0.15) is 5.69 Å². The minimum absolute atomic E-state index is 0.00251. The molecule has 1 aromatic rings. The summed E-state index contributed by atoms with van der Waals surface area (Å²) in [5.41, 5.74) is 4.83. The largest absolute Gasteiger partial charge is 0.338 e. The Morgan fingerprint density at radius 2 is 2.00 bits per heavy atom. The van der Waals surface area contributed by atoms with Crippen molar-refractivity contribution >= 4 is 11.6 Å². The molecule has 1 aromatic heterocycles. The van der Waals surface area contributed by atoms with Gasteiger partial charge in [0.2, 0.25) is 0 Å².